The van der Waals surface area contributed by atoms with Gasteiger partial charge in [-0.1, -0.05) is 50.0 Å². The summed E-state index contributed by atoms with van der Waals surface area (Å²) in [7, 11) is 0. The maximum Gasteiger partial charge on any atom is 0.267 e. The van der Waals surface area contributed by atoms with Gasteiger partial charge in [-0.05, 0) is 36.5 Å². The van der Waals surface area contributed by atoms with E-state index in [-0.39, 0.29) is 11.5 Å². The third-order valence-corrected chi connectivity index (χ3v) is 6.76. The van der Waals surface area contributed by atoms with Gasteiger partial charge in [-0.15, -0.1) is 6.58 Å². The summed E-state index contributed by atoms with van der Waals surface area (Å²) >= 11 is 6.56. The Morgan fingerprint density at radius 1 is 1.27 bits per heavy atom. The number of thiocarbonyl (C=S) groups is 1. The molecule has 30 heavy (non-hydrogen) atoms. The Labute approximate surface area is 185 Å². The highest BCUT2D eigenvalue weighted by atomic mass is 32.2. The van der Waals surface area contributed by atoms with Gasteiger partial charge in [-0.2, -0.15) is 0 Å². The van der Waals surface area contributed by atoms with Crippen LogP contribution in [0.25, 0.3) is 11.7 Å². The lowest BCUT2D eigenvalue weighted by atomic mass is 9.91. The average molecular weight is 441 g/mol. The van der Waals surface area contributed by atoms with E-state index in [1.54, 1.807) is 24.4 Å². The van der Waals surface area contributed by atoms with E-state index in [4.69, 9.17) is 17.2 Å². The van der Waals surface area contributed by atoms with Crippen LogP contribution in [0.4, 0.5) is 5.82 Å². The molecule has 0 aromatic carbocycles. The maximum absolute atomic E-state index is 13.4. The Morgan fingerprint density at radius 3 is 2.70 bits per heavy atom. The summed E-state index contributed by atoms with van der Waals surface area (Å²) in [5.41, 5.74) is 0.842. The van der Waals surface area contributed by atoms with Crippen LogP contribution >= 0.6 is 24.0 Å². The normalized spacial score (nSPS) is 23.6. The molecule has 0 spiro atoms. The van der Waals surface area contributed by atoms with E-state index in [2.05, 4.69) is 25.3 Å². The van der Waals surface area contributed by atoms with E-state index >= 15 is 0 Å². The molecule has 1 amide bonds. The van der Waals surface area contributed by atoms with Gasteiger partial charge >= 0.3 is 0 Å². The van der Waals surface area contributed by atoms with Crippen LogP contribution in [-0.2, 0) is 4.79 Å². The summed E-state index contributed by atoms with van der Waals surface area (Å²) in [4.78, 5) is 35.2. The average Bonchev–Trinajstić information content (AvgIpc) is 2.97. The molecule has 4 heterocycles. The third-order valence-electron chi connectivity index (χ3n) is 5.38. The van der Waals surface area contributed by atoms with Crippen LogP contribution in [0.15, 0.2) is 46.8 Å². The number of hydrogen-bond acceptors (Lipinski definition) is 6. The summed E-state index contributed by atoms with van der Waals surface area (Å²) in [5.74, 6) is 1.44. The van der Waals surface area contributed by atoms with E-state index in [0.717, 1.165) is 19.5 Å². The fourth-order valence-electron chi connectivity index (χ4n) is 4.21. The maximum atomic E-state index is 13.4. The zero-order valence-electron chi connectivity index (χ0n) is 17.1. The molecule has 2 atom stereocenters. The first kappa shape index (κ1) is 20.8. The summed E-state index contributed by atoms with van der Waals surface area (Å²) in [6, 6.07) is 5.50. The summed E-state index contributed by atoms with van der Waals surface area (Å²) in [6.07, 6.45) is 6.16. The number of carbonyl (C=O) groups excluding carboxylic acids is 1. The van der Waals surface area contributed by atoms with Gasteiger partial charge in [0.05, 0.1) is 10.5 Å². The molecule has 8 heteroatoms. The number of pyridine rings is 1. The minimum atomic E-state index is -0.200. The highest BCUT2D eigenvalue weighted by Crippen LogP contribution is 2.34. The second-order valence-electron chi connectivity index (χ2n) is 8.02. The predicted octanol–water partition coefficient (Wildman–Crippen LogP) is 3.56. The smallest absolute Gasteiger partial charge is 0.267 e. The van der Waals surface area contributed by atoms with Gasteiger partial charge in [0.1, 0.15) is 15.8 Å². The molecule has 2 fully saturated rings. The number of piperidine rings is 1. The van der Waals surface area contributed by atoms with Crippen molar-refractivity contribution in [1.29, 1.82) is 0 Å². The highest BCUT2D eigenvalue weighted by molar-refractivity contribution is 8.26. The topological polar surface area (TPSA) is 57.9 Å². The fourth-order valence-corrected chi connectivity index (χ4v) is 5.47. The fraction of sp³-hybridized carbons (Fsp3) is 0.364. The first-order valence-corrected chi connectivity index (χ1v) is 11.2. The lowest BCUT2D eigenvalue weighted by Gasteiger charge is -2.36. The Hall–Kier alpha value is -2.45. The van der Waals surface area contributed by atoms with Gasteiger partial charge < -0.3 is 4.90 Å². The van der Waals surface area contributed by atoms with Gasteiger partial charge in [0.15, 0.2) is 0 Å². The number of hydrogen-bond donors (Lipinski definition) is 0. The Morgan fingerprint density at radius 2 is 2.00 bits per heavy atom. The van der Waals surface area contributed by atoms with E-state index < -0.39 is 0 Å². The molecule has 0 saturated carbocycles. The van der Waals surface area contributed by atoms with Crippen molar-refractivity contribution in [2.45, 2.75) is 20.3 Å². The van der Waals surface area contributed by atoms with Crippen LogP contribution in [0.1, 0.15) is 25.8 Å². The predicted molar refractivity (Wildman–Crippen MR) is 127 cm³/mol. The molecule has 156 valence electrons. The summed E-state index contributed by atoms with van der Waals surface area (Å²) in [5, 5.41) is 0. The van der Waals surface area contributed by atoms with E-state index in [0.29, 0.717) is 44.6 Å². The van der Waals surface area contributed by atoms with Crippen molar-refractivity contribution >= 4 is 51.7 Å². The number of aromatic nitrogens is 2. The minimum Gasteiger partial charge on any atom is -0.355 e. The molecule has 2 aliphatic heterocycles. The molecule has 0 aliphatic carbocycles. The van der Waals surface area contributed by atoms with Crippen molar-refractivity contribution in [3.63, 3.8) is 0 Å². The molecule has 2 aromatic rings. The van der Waals surface area contributed by atoms with Crippen LogP contribution in [0.3, 0.4) is 0 Å². The minimum absolute atomic E-state index is 0.185. The van der Waals surface area contributed by atoms with Crippen molar-refractivity contribution in [1.82, 2.24) is 14.3 Å². The molecule has 4 rings (SSSR count). The molecule has 2 aromatic heterocycles. The second-order valence-corrected chi connectivity index (χ2v) is 9.69. The van der Waals surface area contributed by atoms with E-state index in [1.807, 2.05) is 12.1 Å². The number of nitrogens with zero attached hydrogens (tertiary/aromatic N) is 4. The largest absolute Gasteiger partial charge is 0.355 e. The van der Waals surface area contributed by atoms with Crippen LogP contribution in [-0.4, -0.2) is 44.1 Å². The van der Waals surface area contributed by atoms with Gasteiger partial charge in [0, 0.05) is 25.8 Å². The van der Waals surface area contributed by atoms with Crippen LogP contribution in [0, 0.1) is 11.8 Å². The zero-order chi connectivity index (χ0) is 21.4. The van der Waals surface area contributed by atoms with Crippen LogP contribution < -0.4 is 10.5 Å². The van der Waals surface area contributed by atoms with Crippen molar-refractivity contribution < 1.29 is 4.79 Å². The first-order valence-electron chi connectivity index (χ1n) is 10.0. The van der Waals surface area contributed by atoms with Gasteiger partial charge in [-0.3, -0.25) is 18.9 Å². The monoisotopic (exact) mass is 440 g/mol. The Bertz CT molecular complexity index is 1110. The summed E-state index contributed by atoms with van der Waals surface area (Å²) < 4.78 is 2.00. The number of rotatable bonds is 4. The Balaban J connectivity index is 1.87. The molecule has 2 saturated heterocycles. The van der Waals surface area contributed by atoms with Crippen molar-refractivity contribution in [3.05, 3.63) is 57.9 Å². The molecule has 0 bridgehead atoms. The third kappa shape index (κ3) is 3.81. The lowest BCUT2D eigenvalue weighted by molar-refractivity contribution is -0.121. The molecule has 6 nitrogen and oxygen atoms in total. The standard InChI is InChI=1S/C22H24N4O2S2/c1-4-8-26-21(28)17(30-22(26)29)11-16-19(24-12-14(2)10-15(3)13-24)23-18-7-5-6-9-25(18)20(16)27/h4-7,9,11,14-15H,1,8,10,12-13H2,2-3H3/b17-11-/t14-,15-/m1/s1. The van der Waals surface area contributed by atoms with Crippen molar-refractivity contribution in [3.8, 4) is 0 Å². The molecule has 0 N–H and O–H groups in total. The Kier molecular flexibility index (Phi) is 5.79. The second kappa shape index (κ2) is 8.35. The SMILES string of the molecule is C=CCN1C(=O)/C(=C/c2c(N3C[C@H](C)C[C@@H](C)C3)nc3ccccn3c2=O)SC1=S. The number of fused-ring (bicyclic) bond motifs is 1. The van der Waals surface area contributed by atoms with Gasteiger partial charge in [0.25, 0.3) is 11.5 Å². The quantitative estimate of drug-likeness (QED) is 0.412. The summed E-state index contributed by atoms with van der Waals surface area (Å²) in [6.45, 7) is 10.1. The molecule has 2 aliphatic rings. The zero-order valence-corrected chi connectivity index (χ0v) is 18.7. The molecular weight excluding hydrogens is 416 g/mol. The highest BCUT2D eigenvalue weighted by Gasteiger charge is 2.32. The van der Waals surface area contributed by atoms with Crippen molar-refractivity contribution in [2.24, 2.45) is 11.8 Å². The number of thioether (sulfide) groups is 1. The first-order chi connectivity index (χ1) is 14.4. The number of amides is 1. The van der Waals surface area contributed by atoms with Crippen LogP contribution in [0.5, 0.6) is 0 Å². The molecular formula is C22H24N4O2S2. The van der Waals surface area contributed by atoms with Gasteiger partial charge in [0.2, 0.25) is 0 Å². The number of carbonyl (C=O) groups is 1. The lowest BCUT2D eigenvalue weighted by Crippen LogP contribution is -2.40. The molecule has 0 unspecified atom stereocenters. The van der Waals surface area contributed by atoms with E-state index in [9.17, 15) is 9.59 Å². The van der Waals surface area contributed by atoms with Crippen molar-refractivity contribution in [2.75, 3.05) is 24.5 Å². The van der Waals surface area contributed by atoms with E-state index in [1.165, 1.54) is 21.1 Å². The van der Waals surface area contributed by atoms with Crippen LogP contribution in [0.2, 0.25) is 0 Å². The number of anilines is 1. The van der Waals surface area contributed by atoms with Gasteiger partial charge in [-0.25, -0.2) is 4.98 Å². The molecule has 0 radical (unpaired) electrons.